The molecule has 0 bridgehead atoms. The van der Waals surface area contributed by atoms with Gasteiger partial charge >= 0.3 is 0 Å². The number of benzene rings is 3. The molecule has 1 atom stereocenters. The van der Waals surface area contributed by atoms with Crippen LogP contribution in [0.25, 0.3) is 0 Å². The van der Waals surface area contributed by atoms with Crippen molar-refractivity contribution in [1.29, 1.82) is 0 Å². The number of rotatable bonds is 8. The highest BCUT2D eigenvalue weighted by molar-refractivity contribution is 7.84. The number of ether oxygens (including phenoxy) is 1. The molecule has 172 valence electrons. The summed E-state index contributed by atoms with van der Waals surface area (Å²) < 4.78 is 18.0. The van der Waals surface area contributed by atoms with Crippen molar-refractivity contribution in [2.24, 2.45) is 0 Å². The molecule has 1 saturated heterocycles. The molecule has 3 aromatic carbocycles. The molecule has 0 aliphatic carbocycles. The van der Waals surface area contributed by atoms with Crippen LogP contribution in [0.3, 0.4) is 0 Å². The summed E-state index contributed by atoms with van der Waals surface area (Å²) in [5, 5.41) is 3.18. The molecule has 1 heterocycles. The number of likely N-dealkylation sites (tertiary alicyclic amines) is 1. The molecule has 0 saturated carbocycles. The zero-order chi connectivity index (χ0) is 23.0. The van der Waals surface area contributed by atoms with Crippen molar-refractivity contribution in [1.82, 2.24) is 10.2 Å². The van der Waals surface area contributed by atoms with Gasteiger partial charge in [0, 0.05) is 47.6 Å². The third-order valence-electron chi connectivity index (χ3n) is 5.94. The lowest BCUT2D eigenvalue weighted by molar-refractivity contribution is 0.0904. The molecule has 33 heavy (non-hydrogen) atoms. The zero-order valence-electron chi connectivity index (χ0n) is 18.9. The first kappa shape index (κ1) is 23.2. The Kier molecular flexibility index (Phi) is 7.92. The highest BCUT2D eigenvalue weighted by atomic mass is 32.2. The molecule has 5 nitrogen and oxygen atoms in total. The first-order valence-corrected chi connectivity index (χ1v) is 12.9. The van der Waals surface area contributed by atoms with Gasteiger partial charge in [-0.3, -0.25) is 13.9 Å². The number of piperidine rings is 1. The second-order valence-electron chi connectivity index (χ2n) is 8.40. The minimum Gasteiger partial charge on any atom is -0.488 e. The first-order valence-electron chi connectivity index (χ1n) is 11.3. The van der Waals surface area contributed by atoms with E-state index in [1.165, 1.54) is 5.56 Å². The van der Waals surface area contributed by atoms with E-state index in [0.717, 1.165) is 38.0 Å². The van der Waals surface area contributed by atoms with Crippen LogP contribution in [0.4, 0.5) is 0 Å². The van der Waals surface area contributed by atoms with Gasteiger partial charge in [-0.2, -0.15) is 0 Å². The van der Waals surface area contributed by atoms with Crippen LogP contribution in [0, 0.1) is 0 Å². The minimum absolute atomic E-state index is 0.113. The number of nitrogens with one attached hydrogen (secondary N) is 1. The molecule has 1 aliphatic heterocycles. The first-order chi connectivity index (χ1) is 16.1. The summed E-state index contributed by atoms with van der Waals surface area (Å²) in [6.07, 6.45) is 3.42. The monoisotopic (exact) mass is 462 g/mol. The van der Waals surface area contributed by atoms with Gasteiger partial charge in [-0.15, -0.1) is 0 Å². The van der Waals surface area contributed by atoms with E-state index in [1.54, 1.807) is 24.5 Å². The Morgan fingerprint density at radius 3 is 2.24 bits per heavy atom. The van der Waals surface area contributed by atoms with E-state index in [1.807, 2.05) is 36.4 Å². The van der Waals surface area contributed by atoms with E-state index in [4.69, 9.17) is 4.74 Å². The van der Waals surface area contributed by atoms with Crippen LogP contribution in [-0.4, -0.2) is 40.4 Å². The summed E-state index contributed by atoms with van der Waals surface area (Å²) in [5.41, 5.74) is 2.77. The van der Waals surface area contributed by atoms with Crippen LogP contribution in [-0.2, 0) is 24.0 Å². The molecule has 1 amide bonds. The Balaban J connectivity index is 1.39. The summed E-state index contributed by atoms with van der Waals surface area (Å²) in [6, 6.07) is 25.6. The third kappa shape index (κ3) is 6.53. The fourth-order valence-corrected chi connectivity index (χ4v) is 4.61. The van der Waals surface area contributed by atoms with Gasteiger partial charge < -0.3 is 10.1 Å². The lowest BCUT2D eigenvalue weighted by Gasteiger charge is -2.32. The number of nitrogens with zero attached hydrogens (tertiary/aromatic N) is 1. The largest absolute Gasteiger partial charge is 0.488 e. The summed E-state index contributed by atoms with van der Waals surface area (Å²) in [5.74, 6) is 0.332. The number of hydrogen-bond donors (Lipinski definition) is 1. The number of hydrogen-bond acceptors (Lipinski definition) is 4. The third-order valence-corrected chi connectivity index (χ3v) is 6.85. The Hall–Kier alpha value is -2.96. The van der Waals surface area contributed by atoms with Crippen molar-refractivity contribution in [3.63, 3.8) is 0 Å². The number of carbonyl (C=O) groups excluding carboxylic acids is 1. The molecule has 1 N–H and O–H groups in total. The summed E-state index contributed by atoms with van der Waals surface area (Å²) in [6.45, 7) is 3.18. The van der Waals surface area contributed by atoms with Crippen LogP contribution >= 0.6 is 0 Å². The minimum atomic E-state index is -1.18. The predicted molar refractivity (Wildman–Crippen MR) is 132 cm³/mol. The Morgan fingerprint density at radius 1 is 0.970 bits per heavy atom. The molecular weight excluding hydrogens is 432 g/mol. The Morgan fingerprint density at radius 2 is 1.61 bits per heavy atom. The normalized spacial score (nSPS) is 15.7. The molecule has 0 aromatic heterocycles. The van der Waals surface area contributed by atoms with Crippen LogP contribution in [0.2, 0.25) is 0 Å². The van der Waals surface area contributed by atoms with Crippen LogP contribution < -0.4 is 10.1 Å². The van der Waals surface area contributed by atoms with E-state index < -0.39 is 10.8 Å². The average molecular weight is 463 g/mol. The molecule has 0 spiro atoms. The maximum absolute atomic E-state index is 13.2. The SMILES string of the molecule is CS(=O)c1ccc(OCc2ccccc2)c(C(=O)NC2CCN(Cc3ccccc3)CC2)c1. The summed E-state index contributed by atoms with van der Waals surface area (Å²) in [7, 11) is -1.18. The lowest BCUT2D eigenvalue weighted by Crippen LogP contribution is -2.44. The Bertz CT molecular complexity index is 1080. The molecule has 1 fully saturated rings. The topological polar surface area (TPSA) is 58.6 Å². The van der Waals surface area contributed by atoms with Gasteiger partial charge in [0.2, 0.25) is 0 Å². The predicted octanol–water partition coefficient (Wildman–Crippen LogP) is 4.40. The highest BCUT2D eigenvalue weighted by Crippen LogP contribution is 2.24. The van der Waals surface area contributed by atoms with Crippen LogP contribution in [0.5, 0.6) is 5.75 Å². The number of carbonyl (C=O) groups is 1. The van der Waals surface area contributed by atoms with Crippen molar-refractivity contribution >= 4 is 16.7 Å². The van der Waals surface area contributed by atoms with E-state index in [2.05, 4.69) is 34.5 Å². The fraction of sp³-hybridized carbons (Fsp3) is 0.296. The molecule has 1 aliphatic rings. The second-order valence-corrected chi connectivity index (χ2v) is 9.78. The molecule has 4 rings (SSSR count). The molecule has 6 heteroatoms. The zero-order valence-corrected chi connectivity index (χ0v) is 19.7. The van der Waals surface area contributed by atoms with E-state index in [9.17, 15) is 9.00 Å². The molecular formula is C27H30N2O3S. The molecule has 3 aromatic rings. The van der Waals surface area contributed by atoms with Gasteiger partial charge in [0.1, 0.15) is 12.4 Å². The van der Waals surface area contributed by atoms with E-state index in [0.29, 0.717) is 22.8 Å². The van der Waals surface area contributed by atoms with Gasteiger partial charge in [-0.1, -0.05) is 60.7 Å². The van der Waals surface area contributed by atoms with Gasteiger partial charge in [-0.25, -0.2) is 0 Å². The fourth-order valence-electron chi connectivity index (χ4n) is 4.07. The van der Waals surface area contributed by atoms with E-state index >= 15 is 0 Å². The van der Waals surface area contributed by atoms with Crippen LogP contribution in [0.1, 0.15) is 34.3 Å². The molecule has 1 unspecified atom stereocenters. The second kappa shape index (κ2) is 11.3. The van der Waals surface area contributed by atoms with Gasteiger partial charge in [0.25, 0.3) is 5.91 Å². The standard InChI is InChI=1S/C27H30N2O3S/c1-33(31)24-12-13-26(32-20-22-10-6-3-7-11-22)25(18-24)27(30)28-23-14-16-29(17-15-23)19-21-8-4-2-5-9-21/h2-13,18,23H,14-17,19-20H2,1H3,(H,28,30). The van der Waals surface area contributed by atoms with Crippen molar-refractivity contribution < 1.29 is 13.7 Å². The van der Waals surface area contributed by atoms with Gasteiger partial charge in [-0.05, 0) is 42.2 Å². The van der Waals surface area contributed by atoms with Crippen molar-refractivity contribution in [3.8, 4) is 5.75 Å². The van der Waals surface area contributed by atoms with Gasteiger partial charge in [0.15, 0.2) is 0 Å². The Labute approximate surface area is 198 Å². The lowest BCUT2D eigenvalue weighted by atomic mass is 10.0. The maximum atomic E-state index is 13.2. The smallest absolute Gasteiger partial charge is 0.255 e. The maximum Gasteiger partial charge on any atom is 0.255 e. The summed E-state index contributed by atoms with van der Waals surface area (Å²) >= 11 is 0. The molecule has 0 radical (unpaired) electrons. The number of amides is 1. The van der Waals surface area contributed by atoms with Crippen molar-refractivity contribution in [2.45, 2.75) is 36.9 Å². The van der Waals surface area contributed by atoms with Crippen molar-refractivity contribution in [2.75, 3.05) is 19.3 Å². The summed E-state index contributed by atoms with van der Waals surface area (Å²) in [4.78, 5) is 16.2. The van der Waals surface area contributed by atoms with Gasteiger partial charge in [0.05, 0.1) is 5.56 Å². The highest BCUT2D eigenvalue weighted by Gasteiger charge is 2.23. The van der Waals surface area contributed by atoms with Crippen LogP contribution in [0.15, 0.2) is 83.8 Å². The van der Waals surface area contributed by atoms with Crippen molar-refractivity contribution in [3.05, 3.63) is 95.6 Å². The van der Waals surface area contributed by atoms with E-state index in [-0.39, 0.29) is 11.9 Å². The average Bonchev–Trinajstić information content (AvgIpc) is 2.85. The quantitative estimate of drug-likeness (QED) is 0.539.